The Balaban J connectivity index is 1.36. The fourth-order valence-electron chi connectivity index (χ4n) is 3.82. The molecule has 23 heavy (non-hydrogen) atoms. The fraction of sp³-hybridized carbons (Fsp3) is 0.632. The highest BCUT2D eigenvalue weighted by molar-refractivity contribution is 5.98. The third-order valence-corrected chi connectivity index (χ3v) is 5.53. The maximum Gasteiger partial charge on any atom is 0.170 e. The summed E-state index contributed by atoms with van der Waals surface area (Å²) >= 11 is 0. The number of nitrogens with zero attached hydrogens (tertiary/aromatic N) is 1. The summed E-state index contributed by atoms with van der Waals surface area (Å²) in [6.07, 6.45) is 5.21. The van der Waals surface area contributed by atoms with E-state index in [0.717, 1.165) is 64.1 Å². The fourth-order valence-corrected chi connectivity index (χ4v) is 3.82. The van der Waals surface area contributed by atoms with Gasteiger partial charge in [-0.1, -0.05) is 24.6 Å². The van der Waals surface area contributed by atoms with Crippen LogP contribution in [0.4, 0.5) is 0 Å². The third-order valence-electron chi connectivity index (χ3n) is 5.53. The minimum atomic E-state index is -0.307. The van der Waals surface area contributed by atoms with Crippen LogP contribution in [0.25, 0.3) is 0 Å². The second kappa shape index (κ2) is 6.34. The molecule has 4 nitrogen and oxygen atoms in total. The van der Waals surface area contributed by atoms with Crippen LogP contribution in [0.5, 0.6) is 0 Å². The molecule has 1 aromatic rings. The molecule has 1 spiro atoms. The first kappa shape index (κ1) is 15.3. The molecule has 0 bridgehead atoms. The number of hydrogen-bond donors (Lipinski definition) is 0. The van der Waals surface area contributed by atoms with Gasteiger partial charge in [0.25, 0.3) is 0 Å². The van der Waals surface area contributed by atoms with Gasteiger partial charge in [0.2, 0.25) is 0 Å². The second-order valence-electron chi connectivity index (χ2n) is 7.08. The van der Waals surface area contributed by atoms with Crippen LogP contribution in [0.3, 0.4) is 0 Å². The minimum absolute atomic E-state index is 0.275. The smallest absolute Gasteiger partial charge is 0.170 e. The molecule has 0 N–H and O–H groups in total. The van der Waals surface area contributed by atoms with E-state index in [1.165, 1.54) is 12.0 Å². The van der Waals surface area contributed by atoms with Crippen molar-refractivity contribution in [2.75, 3.05) is 26.3 Å². The third kappa shape index (κ3) is 3.21. The molecule has 2 aliphatic heterocycles. The summed E-state index contributed by atoms with van der Waals surface area (Å²) in [6.45, 7) is 4.33. The van der Waals surface area contributed by atoms with Gasteiger partial charge in [0.05, 0.1) is 13.2 Å². The normalized spacial score (nSPS) is 24.7. The van der Waals surface area contributed by atoms with Gasteiger partial charge in [-0.3, -0.25) is 9.69 Å². The highest BCUT2D eigenvalue weighted by atomic mass is 16.7. The van der Waals surface area contributed by atoms with E-state index in [4.69, 9.17) is 9.47 Å². The zero-order chi connectivity index (χ0) is 15.7. The monoisotopic (exact) mass is 315 g/mol. The molecule has 0 radical (unpaired) electrons. The van der Waals surface area contributed by atoms with Crippen LogP contribution in [0, 0.1) is 5.92 Å². The average molecular weight is 315 g/mol. The first-order valence-electron chi connectivity index (χ1n) is 8.88. The summed E-state index contributed by atoms with van der Waals surface area (Å²) in [5.41, 5.74) is 2.13. The van der Waals surface area contributed by atoms with Crippen LogP contribution in [0.1, 0.15) is 48.0 Å². The number of rotatable bonds is 4. The van der Waals surface area contributed by atoms with Crippen molar-refractivity contribution < 1.29 is 14.3 Å². The van der Waals surface area contributed by atoms with Crippen molar-refractivity contribution in [3.8, 4) is 0 Å². The minimum Gasteiger partial charge on any atom is -0.347 e. The van der Waals surface area contributed by atoms with Gasteiger partial charge in [-0.25, -0.2) is 0 Å². The largest absolute Gasteiger partial charge is 0.347 e. The maximum absolute atomic E-state index is 12.4. The molecule has 1 aliphatic carbocycles. The lowest BCUT2D eigenvalue weighted by Gasteiger charge is -2.37. The Kier molecular flexibility index (Phi) is 4.22. The molecular formula is C19H25NO3. The van der Waals surface area contributed by atoms with Crippen LogP contribution >= 0.6 is 0 Å². The first-order valence-corrected chi connectivity index (χ1v) is 8.88. The van der Waals surface area contributed by atoms with E-state index in [2.05, 4.69) is 17.0 Å². The molecule has 124 valence electrons. The molecule has 1 saturated carbocycles. The summed E-state index contributed by atoms with van der Waals surface area (Å²) in [4.78, 5) is 14.8. The van der Waals surface area contributed by atoms with E-state index in [1.54, 1.807) is 0 Å². The van der Waals surface area contributed by atoms with Crippen molar-refractivity contribution >= 4 is 5.78 Å². The van der Waals surface area contributed by atoms with Crippen molar-refractivity contribution in [1.82, 2.24) is 4.90 Å². The molecule has 4 rings (SSSR count). The van der Waals surface area contributed by atoms with Gasteiger partial charge in [0.15, 0.2) is 11.6 Å². The van der Waals surface area contributed by atoms with E-state index in [1.807, 2.05) is 12.1 Å². The van der Waals surface area contributed by atoms with E-state index in [9.17, 15) is 4.79 Å². The van der Waals surface area contributed by atoms with E-state index >= 15 is 0 Å². The van der Waals surface area contributed by atoms with Crippen LogP contribution in [-0.4, -0.2) is 42.8 Å². The summed E-state index contributed by atoms with van der Waals surface area (Å²) in [5.74, 6) is 0.304. The number of Topliss-reactive ketones (excluding diaryl/α,β-unsaturated/α-hetero) is 1. The highest BCUT2D eigenvalue weighted by Crippen LogP contribution is 2.32. The highest BCUT2D eigenvalue weighted by Gasteiger charge is 2.39. The Bertz CT molecular complexity index is 566. The van der Waals surface area contributed by atoms with Crippen molar-refractivity contribution in [2.24, 2.45) is 5.92 Å². The van der Waals surface area contributed by atoms with Gasteiger partial charge in [0.1, 0.15) is 0 Å². The van der Waals surface area contributed by atoms with Crippen LogP contribution in [0.2, 0.25) is 0 Å². The quantitative estimate of drug-likeness (QED) is 0.801. The predicted octanol–water partition coefficient (Wildman–Crippen LogP) is 3.01. The van der Waals surface area contributed by atoms with Crippen molar-refractivity contribution in [2.45, 2.75) is 44.4 Å². The molecular weight excluding hydrogens is 290 g/mol. The Hall–Kier alpha value is -1.23. The second-order valence-corrected chi connectivity index (χ2v) is 7.08. The zero-order valence-electron chi connectivity index (χ0n) is 13.6. The van der Waals surface area contributed by atoms with Crippen molar-refractivity contribution in [3.05, 3.63) is 35.4 Å². The number of ether oxygens (including phenoxy) is 2. The lowest BCUT2D eigenvalue weighted by molar-refractivity contribution is -0.185. The lowest BCUT2D eigenvalue weighted by atomic mass is 9.80. The topological polar surface area (TPSA) is 38.8 Å². The summed E-state index contributed by atoms with van der Waals surface area (Å²) in [7, 11) is 0. The number of hydrogen-bond acceptors (Lipinski definition) is 4. The molecule has 0 unspecified atom stereocenters. The van der Waals surface area contributed by atoms with Crippen LogP contribution in [0.15, 0.2) is 24.3 Å². The van der Waals surface area contributed by atoms with E-state index in [-0.39, 0.29) is 11.7 Å². The molecule has 4 heteroatoms. The number of benzene rings is 1. The Labute approximate surface area is 137 Å². The molecule has 0 atom stereocenters. The predicted molar refractivity (Wildman–Crippen MR) is 87.3 cm³/mol. The van der Waals surface area contributed by atoms with Gasteiger partial charge < -0.3 is 9.47 Å². The Morgan fingerprint density at radius 2 is 1.91 bits per heavy atom. The SMILES string of the molecule is O=C(c1cccc(CN2CCC3(CC2)OCCO3)c1)C1CCC1. The van der Waals surface area contributed by atoms with E-state index in [0.29, 0.717) is 5.78 Å². The van der Waals surface area contributed by atoms with Gasteiger partial charge >= 0.3 is 0 Å². The first-order chi connectivity index (χ1) is 11.2. The van der Waals surface area contributed by atoms with Crippen LogP contribution in [-0.2, 0) is 16.0 Å². The number of likely N-dealkylation sites (tertiary alicyclic amines) is 1. The molecule has 3 aliphatic rings. The van der Waals surface area contributed by atoms with E-state index < -0.39 is 0 Å². The number of ketones is 1. The number of carbonyl (C=O) groups excluding carboxylic acids is 1. The number of piperidine rings is 1. The summed E-state index contributed by atoms with van der Waals surface area (Å²) in [6, 6.07) is 8.21. The standard InChI is InChI=1S/C19H25NO3/c21-18(16-4-2-5-16)17-6-1-3-15(13-17)14-20-9-7-19(8-10-20)22-11-12-23-19/h1,3,6,13,16H,2,4-5,7-12,14H2. The van der Waals surface area contributed by atoms with Gasteiger partial charge in [0, 0.05) is 44.0 Å². The Morgan fingerprint density at radius 1 is 1.17 bits per heavy atom. The van der Waals surface area contributed by atoms with Gasteiger partial charge in [-0.05, 0) is 24.5 Å². The maximum atomic E-state index is 12.4. The molecule has 0 aromatic heterocycles. The molecule has 2 heterocycles. The Morgan fingerprint density at radius 3 is 2.57 bits per heavy atom. The number of carbonyl (C=O) groups is 1. The van der Waals surface area contributed by atoms with Gasteiger partial charge in [-0.15, -0.1) is 0 Å². The average Bonchev–Trinajstić information content (AvgIpc) is 2.97. The van der Waals surface area contributed by atoms with Gasteiger partial charge in [-0.2, -0.15) is 0 Å². The lowest BCUT2D eigenvalue weighted by Crippen LogP contribution is -2.44. The summed E-state index contributed by atoms with van der Waals surface area (Å²) in [5, 5.41) is 0. The van der Waals surface area contributed by atoms with Crippen molar-refractivity contribution in [1.29, 1.82) is 0 Å². The molecule has 1 aromatic carbocycles. The molecule has 2 saturated heterocycles. The summed E-state index contributed by atoms with van der Waals surface area (Å²) < 4.78 is 11.6. The molecule has 3 fully saturated rings. The van der Waals surface area contributed by atoms with Crippen molar-refractivity contribution in [3.63, 3.8) is 0 Å². The van der Waals surface area contributed by atoms with Crippen LogP contribution < -0.4 is 0 Å². The zero-order valence-corrected chi connectivity index (χ0v) is 13.6. The molecule has 0 amide bonds.